The van der Waals surface area contributed by atoms with Crippen LogP contribution in [-0.2, 0) is 6.42 Å². The quantitative estimate of drug-likeness (QED) is 0.575. The van der Waals surface area contributed by atoms with E-state index in [1.807, 2.05) is 29.5 Å². The highest BCUT2D eigenvalue weighted by atomic mass is 127. The lowest BCUT2D eigenvalue weighted by atomic mass is 9.83. The molecule has 1 amide bonds. The Hall–Kier alpha value is -1.65. The van der Waals surface area contributed by atoms with E-state index in [2.05, 4.69) is 0 Å². The van der Waals surface area contributed by atoms with Gasteiger partial charge in [0.1, 0.15) is 11.4 Å². The summed E-state index contributed by atoms with van der Waals surface area (Å²) in [6.45, 7) is 1.98. The lowest BCUT2D eigenvalue weighted by molar-refractivity contribution is -0.0980. The van der Waals surface area contributed by atoms with Crippen molar-refractivity contribution >= 4 is 28.5 Å². The van der Waals surface area contributed by atoms with Crippen LogP contribution in [0.4, 0.5) is 13.2 Å². The number of amides is 1. The monoisotopic (exact) mass is 518 g/mol. The van der Waals surface area contributed by atoms with Crippen molar-refractivity contribution in [2.75, 3.05) is 13.1 Å². The minimum absolute atomic E-state index is 0.0172. The highest BCUT2D eigenvalue weighted by Gasteiger charge is 2.48. The fourth-order valence-corrected chi connectivity index (χ4v) is 4.02. The SMILES string of the molecule is CCCC(N)C1(O)CN(C(=O)c2ccc(F)c(F)c2Cc2ccc(I)cc2F)C1. The van der Waals surface area contributed by atoms with Crippen LogP contribution >= 0.6 is 22.6 Å². The molecule has 1 unspecified atom stereocenters. The molecule has 1 saturated heterocycles. The van der Waals surface area contributed by atoms with Crippen molar-refractivity contribution < 1.29 is 23.1 Å². The third kappa shape index (κ3) is 4.44. The van der Waals surface area contributed by atoms with Gasteiger partial charge < -0.3 is 15.7 Å². The average Bonchev–Trinajstić information content (AvgIpc) is 2.64. The maximum Gasteiger partial charge on any atom is 0.254 e. The number of rotatable bonds is 6. The molecular formula is C21H22F3IN2O2. The Bertz CT molecular complexity index is 932. The number of carbonyl (C=O) groups excluding carboxylic acids is 1. The van der Waals surface area contributed by atoms with Crippen molar-refractivity contribution in [3.05, 3.63) is 68.0 Å². The van der Waals surface area contributed by atoms with Gasteiger partial charge in [0.05, 0.1) is 13.1 Å². The van der Waals surface area contributed by atoms with E-state index >= 15 is 0 Å². The molecule has 1 atom stereocenters. The Balaban J connectivity index is 1.87. The molecule has 0 spiro atoms. The molecule has 1 aliphatic rings. The number of hydrogen-bond donors (Lipinski definition) is 2. The number of hydrogen-bond acceptors (Lipinski definition) is 3. The van der Waals surface area contributed by atoms with E-state index in [4.69, 9.17) is 5.73 Å². The lowest BCUT2D eigenvalue weighted by Gasteiger charge is -2.49. The number of halogens is 4. The second-order valence-electron chi connectivity index (χ2n) is 7.46. The summed E-state index contributed by atoms with van der Waals surface area (Å²) in [6, 6.07) is 6.04. The van der Waals surface area contributed by atoms with E-state index in [-0.39, 0.29) is 36.2 Å². The normalized spacial score (nSPS) is 16.4. The highest BCUT2D eigenvalue weighted by Crippen LogP contribution is 2.30. The van der Waals surface area contributed by atoms with E-state index in [9.17, 15) is 23.1 Å². The fraction of sp³-hybridized carbons (Fsp3) is 0.381. The van der Waals surface area contributed by atoms with Gasteiger partial charge in [-0.05, 0) is 58.8 Å². The van der Waals surface area contributed by atoms with Crippen LogP contribution in [0.3, 0.4) is 0 Å². The zero-order valence-corrected chi connectivity index (χ0v) is 18.0. The molecule has 0 radical (unpaired) electrons. The maximum absolute atomic E-state index is 14.5. The van der Waals surface area contributed by atoms with E-state index in [0.29, 0.717) is 9.99 Å². The molecule has 0 saturated carbocycles. The fourth-order valence-electron chi connectivity index (χ4n) is 3.56. The van der Waals surface area contributed by atoms with Gasteiger partial charge in [-0.3, -0.25) is 4.79 Å². The molecule has 0 bridgehead atoms. The smallest absolute Gasteiger partial charge is 0.254 e. The van der Waals surface area contributed by atoms with Crippen LogP contribution in [0, 0.1) is 21.0 Å². The summed E-state index contributed by atoms with van der Waals surface area (Å²) >= 11 is 1.95. The molecule has 0 aromatic heterocycles. The predicted octanol–water partition coefficient (Wildman–Crippen LogP) is 3.61. The highest BCUT2D eigenvalue weighted by molar-refractivity contribution is 14.1. The number of likely N-dealkylation sites (tertiary alicyclic amines) is 1. The summed E-state index contributed by atoms with van der Waals surface area (Å²) in [6.07, 6.45) is 1.15. The number of nitrogens with zero attached hydrogens (tertiary/aromatic N) is 1. The van der Waals surface area contributed by atoms with Crippen molar-refractivity contribution in [3.8, 4) is 0 Å². The Morgan fingerprint density at radius 2 is 1.93 bits per heavy atom. The van der Waals surface area contributed by atoms with Crippen molar-refractivity contribution in [1.29, 1.82) is 0 Å². The molecule has 8 heteroatoms. The van der Waals surface area contributed by atoms with Gasteiger partial charge in [0.2, 0.25) is 0 Å². The zero-order valence-electron chi connectivity index (χ0n) is 15.9. The number of carbonyl (C=O) groups is 1. The maximum atomic E-state index is 14.5. The van der Waals surface area contributed by atoms with Crippen LogP contribution in [0.15, 0.2) is 30.3 Å². The van der Waals surface area contributed by atoms with Crippen molar-refractivity contribution in [3.63, 3.8) is 0 Å². The molecule has 1 fully saturated rings. The second kappa shape index (κ2) is 8.61. The molecule has 1 aliphatic heterocycles. The van der Waals surface area contributed by atoms with Gasteiger partial charge in [0.25, 0.3) is 5.91 Å². The van der Waals surface area contributed by atoms with Gasteiger partial charge >= 0.3 is 0 Å². The van der Waals surface area contributed by atoms with Crippen LogP contribution in [0.1, 0.15) is 41.3 Å². The van der Waals surface area contributed by atoms with Gasteiger partial charge in [-0.1, -0.05) is 19.4 Å². The Kier molecular flexibility index (Phi) is 6.54. The first-order chi connectivity index (χ1) is 13.7. The molecule has 3 N–H and O–H groups in total. The van der Waals surface area contributed by atoms with Crippen molar-refractivity contribution in [1.82, 2.24) is 4.90 Å². The molecule has 29 heavy (non-hydrogen) atoms. The third-order valence-electron chi connectivity index (χ3n) is 5.32. The third-order valence-corrected chi connectivity index (χ3v) is 5.99. The summed E-state index contributed by atoms with van der Waals surface area (Å²) in [4.78, 5) is 14.2. The van der Waals surface area contributed by atoms with E-state index in [1.165, 1.54) is 23.1 Å². The summed E-state index contributed by atoms with van der Waals surface area (Å²) in [7, 11) is 0. The molecule has 0 aliphatic carbocycles. The first-order valence-electron chi connectivity index (χ1n) is 9.34. The topological polar surface area (TPSA) is 66.6 Å². The molecule has 4 nitrogen and oxygen atoms in total. The van der Waals surface area contributed by atoms with Crippen LogP contribution in [0.5, 0.6) is 0 Å². The first kappa shape index (κ1) is 22.0. The van der Waals surface area contributed by atoms with E-state index < -0.39 is 35.0 Å². The first-order valence-corrected chi connectivity index (χ1v) is 10.4. The molecule has 3 rings (SSSR count). The van der Waals surface area contributed by atoms with E-state index in [1.54, 1.807) is 6.07 Å². The van der Waals surface area contributed by atoms with Crippen LogP contribution in [-0.4, -0.2) is 40.6 Å². The Morgan fingerprint density at radius 3 is 2.55 bits per heavy atom. The van der Waals surface area contributed by atoms with Crippen LogP contribution < -0.4 is 5.73 Å². The number of aliphatic hydroxyl groups is 1. The molecule has 2 aromatic carbocycles. The molecule has 1 heterocycles. The lowest BCUT2D eigenvalue weighted by Crippen LogP contribution is -2.70. The average molecular weight is 518 g/mol. The molecule has 156 valence electrons. The minimum Gasteiger partial charge on any atom is -0.385 e. The largest absolute Gasteiger partial charge is 0.385 e. The Morgan fingerprint density at radius 1 is 1.24 bits per heavy atom. The second-order valence-corrected chi connectivity index (χ2v) is 8.71. The van der Waals surface area contributed by atoms with Gasteiger partial charge in [-0.25, -0.2) is 13.2 Å². The molecule has 2 aromatic rings. The summed E-state index contributed by atoms with van der Waals surface area (Å²) in [5.74, 6) is -3.37. The van der Waals surface area contributed by atoms with Crippen molar-refractivity contribution in [2.45, 2.75) is 37.8 Å². The minimum atomic E-state index is -1.19. The predicted molar refractivity (Wildman–Crippen MR) is 112 cm³/mol. The summed E-state index contributed by atoms with van der Waals surface area (Å²) < 4.78 is 43.3. The van der Waals surface area contributed by atoms with Gasteiger partial charge in [0, 0.05) is 27.2 Å². The Labute approximate surface area is 181 Å². The van der Waals surface area contributed by atoms with Gasteiger partial charge in [-0.2, -0.15) is 0 Å². The van der Waals surface area contributed by atoms with E-state index in [0.717, 1.165) is 12.5 Å². The number of benzene rings is 2. The standard InChI is InChI=1S/C21H22F3IN2O2/c1-2-3-18(26)21(29)10-27(11-21)20(28)14-6-7-16(22)19(24)15(14)8-12-4-5-13(25)9-17(12)23/h4-7,9,18,29H,2-3,8,10-11,26H2,1H3. The summed E-state index contributed by atoms with van der Waals surface area (Å²) in [5, 5.41) is 10.5. The zero-order chi connectivity index (χ0) is 21.3. The number of β-amino-alcohol motifs (C(OH)–C–C–N with tert-alkyl or cyclic N) is 1. The van der Waals surface area contributed by atoms with Gasteiger partial charge in [0.15, 0.2) is 11.6 Å². The number of nitrogens with two attached hydrogens (primary N) is 1. The van der Waals surface area contributed by atoms with Gasteiger partial charge in [-0.15, -0.1) is 0 Å². The summed E-state index contributed by atoms with van der Waals surface area (Å²) in [5.41, 5.74) is 4.71. The molecular weight excluding hydrogens is 496 g/mol. The van der Waals surface area contributed by atoms with Crippen molar-refractivity contribution in [2.24, 2.45) is 5.73 Å². The van der Waals surface area contributed by atoms with Crippen LogP contribution in [0.2, 0.25) is 0 Å². The van der Waals surface area contributed by atoms with Crippen LogP contribution in [0.25, 0.3) is 0 Å².